The zero-order valence-corrected chi connectivity index (χ0v) is 19.0. The Kier molecular flexibility index (Phi) is 9.02. The Morgan fingerprint density at radius 3 is 2.73 bits per heavy atom. The average Bonchev–Trinajstić information content (AvgIpc) is 3.07. The Balaban J connectivity index is 1.33. The maximum atomic E-state index is 12.9. The van der Waals surface area contributed by atoms with Crippen molar-refractivity contribution in [3.63, 3.8) is 0 Å². The quantitative estimate of drug-likeness (QED) is 0.401. The van der Waals surface area contributed by atoms with E-state index in [-0.39, 0.29) is 29.6 Å². The van der Waals surface area contributed by atoms with E-state index in [9.17, 15) is 23.6 Å². The highest BCUT2D eigenvalue weighted by Crippen LogP contribution is 2.31. The summed E-state index contributed by atoms with van der Waals surface area (Å²) in [5, 5.41) is 2.09. The monoisotopic (exact) mass is 489 g/mol. The van der Waals surface area contributed by atoms with Crippen LogP contribution in [0.4, 0.5) is 9.18 Å². The first-order chi connectivity index (χ1) is 15.9. The smallest absolute Gasteiger partial charge is 0.316 e. The van der Waals surface area contributed by atoms with Crippen LogP contribution < -0.4 is 5.32 Å². The minimum atomic E-state index is -0.552. The Morgan fingerprint density at radius 2 is 2.00 bits per heavy atom. The normalized spacial score (nSPS) is 14.6. The number of amides is 3. The predicted octanol–water partition coefficient (Wildman–Crippen LogP) is 2.85. The highest BCUT2D eigenvalue weighted by atomic mass is 32.2. The van der Waals surface area contributed by atoms with Crippen LogP contribution in [0.2, 0.25) is 0 Å². The largest absolute Gasteiger partial charge is 0.455 e. The highest BCUT2D eigenvalue weighted by Gasteiger charge is 2.34. The second kappa shape index (κ2) is 12.2. The van der Waals surface area contributed by atoms with E-state index < -0.39 is 29.6 Å². The molecule has 0 aliphatic carbocycles. The van der Waals surface area contributed by atoms with E-state index in [2.05, 4.69) is 10.3 Å². The van der Waals surface area contributed by atoms with Crippen molar-refractivity contribution in [2.24, 2.45) is 0 Å². The molecule has 0 saturated carbocycles. The summed E-state index contributed by atoms with van der Waals surface area (Å²) >= 11 is 2.11. The number of carbonyl (C=O) groups excluding carboxylic acids is 4. The summed E-state index contributed by atoms with van der Waals surface area (Å²) in [5.74, 6) is -1.30. The molecule has 33 heavy (non-hydrogen) atoms. The number of ether oxygens (including phenoxy) is 1. The van der Waals surface area contributed by atoms with Gasteiger partial charge in [-0.15, -0.1) is 11.8 Å². The lowest BCUT2D eigenvalue weighted by Crippen LogP contribution is -2.38. The number of esters is 1. The number of rotatable bonds is 10. The number of halogens is 1. The van der Waals surface area contributed by atoms with Gasteiger partial charge in [-0.3, -0.25) is 29.1 Å². The fourth-order valence-corrected chi connectivity index (χ4v) is 4.33. The molecule has 0 radical (unpaired) electrons. The summed E-state index contributed by atoms with van der Waals surface area (Å²) < 4.78 is 17.8. The molecule has 11 heteroatoms. The van der Waals surface area contributed by atoms with Crippen LogP contribution in [0.3, 0.4) is 0 Å². The van der Waals surface area contributed by atoms with Crippen LogP contribution in [-0.2, 0) is 24.9 Å². The number of nitrogens with one attached hydrogen (secondary N) is 1. The third-order valence-corrected chi connectivity index (χ3v) is 6.16. The average molecular weight is 490 g/mol. The lowest BCUT2D eigenvalue weighted by molar-refractivity contribution is -0.145. The van der Waals surface area contributed by atoms with Gasteiger partial charge in [0, 0.05) is 31.2 Å². The van der Waals surface area contributed by atoms with Crippen molar-refractivity contribution in [1.82, 2.24) is 15.2 Å². The fourth-order valence-electron chi connectivity index (χ4n) is 2.68. The first kappa shape index (κ1) is 24.5. The van der Waals surface area contributed by atoms with Crippen LogP contribution in [0, 0.1) is 5.82 Å². The summed E-state index contributed by atoms with van der Waals surface area (Å²) in [6.07, 6.45) is 4.77. The van der Waals surface area contributed by atoms with Gasteiger partial charge in [-0.2, -0.15) is 0 Å². The molecule has 1 aliphatic rings. The van der Waals surface area contributed by atoms with E-state index in [1.54, 1.807) is 42.7 Å². The Labute approximate surface area is 198 Å². The summed E-state index contributed by atoms with van der Waals surface area (Å²) in [4.78, 5) is 53.4. The van der Waals surface area contributed by atoms with Crippen molar-refractivity contribution in [2.45, 2.75) is 5.75 Å². The van der Waals surface area contributed by atoms with Gasteiger partial charge < -0.3 is 10.1 Å². The second-order valence-electron chi connectivity index (χ2n) is 6.75. The molecule has 8 nitrogen and oxygen atoms in total. The molecule has 1 aromatic carbocycles. The summed E-state index contributed by atoms with van der Waals surface area (Å²) in [6.45, 7) is -0.422. The number of aromatic nitrogens is 1. The van der Waals surface area contributed by atoms with Crippen LogP contribution in [0.15, 0.2) is 53.7 Å². The molecular formula is C22H20FN3O5S2. The predicted molar refractivity (Wildman–Crippen MR) is 123 cm³/mol. The standard InChI is InChI=1S/C22H20FN3O5S2/c23-17-5-3-15(4-6-17)13-32-14-20(28)31-12-19(27)25-8-9-26-21(29)18(33-22(26)30)10-16-2-1-7-24-11-16/h1-7,10-11H,8-9,12-14H2,(H,25,27)/b18-10-. The summed E-state index contributed by atoms with van der Waals surface area (Å²) in [5.41, 5.74) is 1.57. The number of imide groups is 1. The van der Waals surface area contributed by atoms with Crippen molar-refractivity contribution in [1.29, 1.82) is 0 Å². The zero-order valence-electron chi connectivity index (χ0n) is 17.4. The van der Waals surface area contributed by atoms with Gasteiger partial charge >= 0.3 is 5.97 Å². The molecule has 2 aromatic rings. The van der Waals surface area contributed by atoms with Gasteiger partial charge in [0.2, 0.25) is 0 Å². The van der Waals surface area contributed by atoms with Crippen LogP contribution in [0.5, 0.6) is 0 Å². The first-order valence-corrected chi connectivity index (χ1v) is 11.8. The van der Waals surface area contributed by atoms with Crippen LogP contribution >= 0.6 is 23.5 Å². The van der Waals surface area contributed by atoms with Crippen molar-refractivity contribution >= 4 is 52.6 Å². The summed E-state index contributed by atoms with van der Waals surface area (Å²) in [7, 11) is 0. The molecule has 172 valence electrons. The number of hydrogen-bond donors (Lipinski definition) is 1. The number of thioether (sulfide) groups is 2. The van der Waals surface area contributed by atoms with Gasteiger partial charge in [0.1, 0.15) is 5.82 Å². The van der Waals surface area contributed by atoms with Gasteiger partial charge in [0.05, 0.1) is 10.7 Å². The number of nitrogens with zero attached hydrogens (tertiary/aromatic N) is 2. The topological polar surface area (TPSA) is 106 Å². The third kappa shape index (κ3) is 7.72. The molecular weight excluding hydrogens is 469 g/mol. The molecule has 2 heterocycles. The van der Waals surface area contributed by atoms with Crippen molar-refractivity contribution in [3.05, 3.63) is 70.6 Å². The van der Waals surface area contributed by atoms with E-state index in [4.69, 9.17) is 4.74 Å². The Morgan fingerprint density at radius 1 is 1.21 bits per heavy atom. The maximum Gasteiger partial charge on any atom is 0.316 e. The van der Waals surface area contributed by atoms with Crippen molar-refractivity contribution in [3.8, 4) is 0 Å². The van der Waals surface area contributed by atoms with Crippen LogP contribution in [0.25, 0.3) is 6.08 Å². The maximum absolute atomic E-state index is 12.9. The molecule has 0 unspecified atom stereocenters. The molecule has 1 aromatic heterocycles. The molecule has 0 bridgehead atoms. The van der Waals surface area contributed by atoms with Gasteiger partial charge in [-0.05, 0) is 47.2 Å². The number of hydrogen-bond acceptors (Lipinski definition) is 8. The van der Waals surface area contributed by atoms with E-state index >= 15 is 0 Å². The molecule has 1 aliphatic heterocycles. The summed E-state index contributed by atoms with van der Waals surface area (Å²) in [6, 6.07) is 9.45. The molecule has 3 rings (SSSR count). The van der Waals surface area contributed by atoms with Gasteiger partial charge in [-0.25, -0.2) is 4.39 Å². The van der Waals surface area contributed by atoms with E-state index in [0.717, 1.165) is 22.2 Å². The van der Waals surface area contributed by atoms with Crippen LogP contribution in [0.1, 0.15) is 11.1 Å². The Bertz CT molecular complexity index is 1050. The molecule has 3 amide bonds. The minimum absolute atomic E-state index is 0.00224. The van der Waals surface area contributed by atoms with Crippen molar-refractivity contribution < 1.29 is 28.3 Å². The van der Waals surface area contributed by atoms with Gasteiger partial charge in [-0.1, -0.05) is 18.2 Å². The van der Waals surface area contributed by atoms with Crippen LogP contribution in [-0.4, -0.2) is 58.4 Å². The lowest BCUT2D eigenvalue weighted by Gasteiger charge is -2.13. The molecule has 0 spiro atoms. The minimum Gasteiger partial charge on any atom is -0.455 e. The van der Waals surface area contributed by atoms with Crippen molar-refractivity contribution in [2.75, 3.05) is 25.4 Å². The molecule has 1 saturated heterocycles. The third-order valence-electron chi connectivity index (χ3n) is 4.28. The molecule has 1 fully saturated rings. The van der Waals surface area contributed by atoms with E-state index in [1.807, 2.05) is 0 Å². The van der Waals surface area contributed by atoms with Gasteiger partial charge in [0.15, 0.2) is 6.61 Å². The molecule has 1 N–H and O–H groups in total. The second-order valence-corrected chi connectivity index (χ2v) is 8.73. The van der Waals surface area contributed by atoms with E-state index in [1.165, 1.54) is 23.9 Å². The first-order valence-electron chi connectivity index (χ1n) is 9.82. The van der Waals surface area contributed by atoms with Gasteiger partial charge in [0.25, 0.3) is 17.1 Å². The number of carbonyl (C=O) groups is 4. The SMILES string of the molecule is O=C(COC(=O)CSCc1ccc(F)cc1)NCCN1C(=O)S/C(=C\c2cccnc2)C1=O. The fraction of sp³-hybridized carbons (Fsp3) is 0.227. The lowest BCUT2D eigenvalue weighted by atomic mass is 10.2. The number of benzene rings is 1. The van der Waals surface area contributed by atoms with E-state index in [0.29, 0.717) is 11.3 Å². The Hall–Kier alpha value is -3.18. The number of pyridine rings is 1. The molecule has 0 atom stereocenters. The highest BCUT2D eigenvalue weighted by molar-refractivity contribution is 8.18. The zero-order chi connectivity index (χ0) is 23.6.